The Morgan fingerprint density at radius 1 is 1.77 bits per heavy atom. The quantitative estimate of drug-likeness (QED) is 0.632. The monoisotopic (exact) mass is 187 g/mol. The highest BCUT2D eigenvalue weighted by atomic mass is 16.5. The van der Waals surface area contributed by atoms with Crippen molar-refractivity contribution < 1.29 is 14.6 Å². The van der Waals surface area contributed by atoms with Crippen molar-refractivity contribution in [1.29, 1.82) is 0 Å². The Bertz CT molecular complexity index is 182. The highest BCUT2D eigenvalue weighted by Gasteiger charge is 2.24. The number of morpholine rings is 1. The molecular formula is C9H17NO3. The first-order valence-electron chi connectivity index (χ1n) is 4.67. The number of cyclic esters (lactones) is 1. The summed E-state index contributed by atoms with van der Waals surface area (Å²) < 4.78 is 4.88. The van der Waals surface area contributed by atoms with Crippen LogP contribution in [-0.4, -0.2) is 47.8 Å². The first-order valence-corrected chi connectivity index (χ1v) is 4.67. The van der Waals surface area contributed by atoms with Crippen molar-refractivity contribution in [1.82, 2.24) is 4.90 Å². The molecule has 1 heterocycles. The summed E-state index contributed by atoms with van der Waals surface area (Å²) in [5.41, 5.74) is 0. The van der Waals surface area contributed by atoms with Crippen LogP contribution in [0.2, 0.25) is 0 Å². The molecule has 0 aliphatic carbocycles. The van der Waals surface area contributed by atoms with E-state index in [1.54, 1.807) is 6.92 Å². The number of rotatable bonds is 3. The fourth-order valence-corrected chi connectivity index (χ4v) is 1.34. The highest BCUT2D eigenvalue weighted by Crippen LogP contribution is 2.08. The number of hydrogen-bond acceptors (Lipinski definition) is 4. The van der Waals surface area contributed by atoms with Gasteiger partial charge in [0.05, 0.1) is 12.6 Å². The summed E-state index contributed by atoms with van der Waals surface area (Å²) in [5.74, 6) is -0.163. The van der Waals surface area contributed by atoms with Gasteiger partial charge in [-0.2, -0.15) is 0 Å². The van der Waals surface area contributed by atoms with Crippen molar-refractivity contribution >= 4 is 5.97 Å². The Morgan fingerprint density at radius 2 is 2.46 bits per heavy atom. The predicted molar refractivity (Wildman–Crippen MR) is 48.3 cm³/mol. The molecule has 4 nitrogen and oxygen atoms in total. The number of esters is 1. The molecule has 1 fully saturated rings. The third kappa shape index (κ3) is 3.32. The van der Waals surface area contributed by atoms with Crippen LogP contribution in [0.1, 0.15) is 20.3 Å². The highest BCUT2D eigenvalue weighted by molar-refractivity contribution is 5.72. The van der Waals surface area contributed by atoms with Gasteiger partial charge in [-0.25, -0.2) is 0 Å². The summed E-state index contributed by atoms with van der Waals surface area (Å²) in [4.78, 5) is 13.0. The predicted octanol–water partition coefficient (Wildman–Crippen LogP) is 0.00460. The molecule has 2 unspecified atom stereocenters. The lowest BCUT2D eigenvalue weighted by atomic mass is 10.2. The molecule has 0 aromatic carbocycles. The van der Waals surface area contributed by atoms with Crippen LogP contribution in [-0.2, 0) is 9.53 Å². The van der Waals surface area contributed by atoms with Crippen LogP contribution in [0.3, 0.4) is 0 Å². The van der Waals surface area contributed by atoms with Crippen LogP contribution in [0.4, 0.5) is 0 Å². The minimum absolute atomic E-state index is 0.163. The number of ether oxygens (including phenoxy) is 1. The molecular weight excluding hydrogens is 170 g/mol. The van der Waals surface area contributed by atoms with Crippen LogP contribution < -0.4 is 0 Å². The van der Waals surface area contributed by atoms with Gasteiger partial charge in [0.1, 0.15) is 6.61 Å². The number of carbonyl (C=O) groups is 1. The van der Waals surface area contributed by atoms with Gasteiger partial charge in [0.25, 0.3) is 0 Å². The maximum atomic E-state index is 10.9. The van der Waals surface area contributed by atoms with Crippen molar-refractivity contribution in [2.24, 2.45) is 0 Å². The number of hydrogen-bond donors (Lipinski definition) is 1. The van der Waals surface area contributed by atoms with Crippen molar-refractivity contribution in [2.45, 2.75) is 32.4 Å². The number of carbonyl (C=O) groups excluding carboxylic acids is 1. The molecule has 1 saturated heterocycles. The molecule has 1 rings (SSSR count). The van der Waals surface area contributed by atoms with Gasteiger partial charge >= 0.3 is 5.97 Å². The van der Waals surface area contributed by atoms with E-state index in [0.717, 1.165) is 6.54 Å². The minimum atomic E-state index is -0.301. The Hall–Kier alpha value is -0.610. The summed E-state index contributed by atoms with van der Waals surface area (Å²) in [6.45, 7) is 5.36. The number of aliphatic hydroxyl groups excluding tert-OH is 1. The van der Waals surface area contributed by atoms with E-state index in [9.17, 15) is 4.79 Å². The van der Waals surface area contributed by atoms with Crippen molar-refractivity contribution in [3.8, 4) is 0 Å². The zero-order chi connectivity index (χ0) is 9.84. The van der Waals surface area contributed by atoms with Gasteiger partial charge in [-0.3, -0.25) is 9.69 Å². The second-order valence-corrected chi connectivity index (χ2v) is 3.64. The Kier molecular flexibility index (Phi) is 3.69. The van der Waals surface area contributed by atoms with E-state index in [4.69, 9.17) is 9.84 Å². The lowest BCUT2D eigenvalue weighted by Crippen LogP contribution is -2.46. The second kappa shape index (κ2) is 4.58. The van der Waals surface area contributed by atoms with E-state index in [2.05, 4.69) is 0 Å². The summed E-state index contributed by atoms with van der Waals surface area (Å²) >= 11 is 0. The molecule has 0 amide bonds. The SMILES string of the molecule is CC(O)CCN1CC(=O)OCC1C. The molecule has 0 radical (unpaired) electrons. The van der Waals surface area contributed by atoms with Crippen LogP contribution in [0.15, 0.2) is 0 Å². The largest absolute Gasteiger partial charge is 0.463 e. The molecule has 13 heavy (non-hydrogen) atoms. The molecule has 1 aliphatic heterocycles. The zero-order valence-corrected chi connectivity index (χ0v) is 8.19. The van der Waals surface area contributed by atoms with E-state index in [0.29, 0.717) is 19.6 Å². The average molecular weight is 187 g/mol. The Balaban J connectivity index is 2.33. The van der Waals surface area contributed by atoms with Crippen molar-refractivity contribution in [3.63, 3.8) is 0 Å². The third-order valence-electron chi connectivity index (χ3n) is 2.28. The lowest BCUT2D eigenvalue weighted by Gasteiger charge is -2.32. The minimum Gasteiger partial charge on any atom is -0.463 e. The second-order valence-electron chi connectivity index (χ2n) is 3.64. The Labute approximate surface area is 78.5 Å². The van der Waals surface area contributed by atoms with Crippen LogP contribution in [0, 0.1) is 0 Å². The fraction of sp³-hybridized carbons (Fsp3) is 0.889. The van der Waals surface area contributed by atoms with E-state index in [1.807, 2.05) is 11.8 Å². The zero-order valence-electron chi connectivity index (χ0n) is 8.19. The number of aliphatic hydroxyl groups is 1. The molecule has 0 saturated carbocycles. The topological polar surface area (TPSA) is 49.8 Å². The normalized spacial score (nSPS) is 27.0. The van der Waals surface area contributed by atoms with Gasteiger partial charge in [0.15, 0.2) is 0 Å². The molecule has 4 heteroatoms. The standard InChI is InChI=1S/C9H17NO3/c1-7-6-13-9(12)5-10(7)4-3-8(2)11/h7-8,11H,3-6H2,1-2H3. The van der Waals surface area contributed by atoms with Gasteiger partial charge in [-0.15, -0.1) is 0 Å². The van der Waals surface area contributed by atoms with E-state index in [1.165, 1.54) is 0 Å². The summed E-state index contributed by atoms with van der Waals surface area (Å²) in [7, 11) is 0. The van der Waals surface area contributed by atoms with Gasteiger partial charge in [0.2, 0.25) is 0 Å². The van der Waals surface area contributed by atoms with Gasteiger partial charge in [-0.05, 0) is 20.3 Å². The lowest BCUT2D eigenvalue weighted by molar-refractivity contribution is -0.154. The van der Waals surface area contributed by atoms with Gasteiger partial charge < -0.3 is 9.84 Å². The van der Waals surface area contributed by atoms with Crippen molar-refractivity contribution in [2.75, 3.05) is 19.7 Å². The maximum Gasteiger partial charge on any atom is 0.320 e. The summed E-state index contributed by atoms with van der Waals surface area (Å²) in [5, 5.41) is 9.09. The first kappa shape index (κ1) is 10.5. The average Bonchev–Trinajstić information content (AvgIpc) is 2.06. The molecule has 0 spiro atoms. The Morgan fingerprint density at radius 3 is 3.08 bits per heavy atom. The third-order valence-corrected chi connectivity index (χ3v) is 2.28. The molecule has 1 N–H and O–H groups in total. The molecule has 0 bridgehead atoms. The number of nitrogens with zero attached hydrogens (tertiary/aromatic N) is 1. The summed E-state index contributed by atoms with van der Waals surface area (Å²) in [6, 6.07) is 0.274. The van der Waals surface area contributed by atoms with E-state index in [-0.39, 0.29) is 18.1 Å². The fourth-order valence-electron chi connectivity index (χ4n) is 1.34. The van der Waals surface area contributed by atoms with Gasteiger partial charge in [-0.1, -0.05) is 0 Å². The molecule has 1 aliphatic rings. The molecule has 0 aromatic rings. The van der Waals surface area contributed by atoms with Crippen LogP contribution in [0.25, 0.3) is 0 Å². The van der Waals surface area contributed by atoms with Gasteiger partial charge in [0, 0.05) is 12.6 Å². The van der Waals surface area contributed by atoms with E-state index < -0.39 is 0 Å². The molecule has 2 atom stereocenters. The van der Waals surface area contributed by atoms with Crippen LogP contribution in [0.5, 0.6) is 0 Å². The smallest absolute Gasteiger partial charge is 0.320 e. The van der Waals surface area contributed by atoms with Crippen molar-refractivity contribution in [3.05, 3.63) is 0 Å². The molecule has 76 valence electrons. The summed E-state index contributed by atoms with van der Waals surface area (Å²) in [6.07, 6.45) is 0.405. The van der Waals surface area contributed by atoms with E-state index >= 15 is 0 Å². The first-order chi connectivity index (χ1) is 6.09. The maximum absolute atomic E-state index is 10.9. The van der Waals surface area contributed by atoms with Crippen LogP contribution >= 0.6 is 0 Å². The molecule has 0 aromatic heterocycles.